The zero-order valence-corrected chi connectivity index (χ0v) is 25.9. The average Bonchev–Trinajstić information content (AvgIpc) is 3.49. The molecule has 3 atom stereocenters. The van der Waals surface area contributed by atoms with Crippen LogP contribution in [-0.4, -0.2) is 48.0 Å². The van der Waals surface area contributed by atoms with Crippen molar-refractivity contribution in [3.05, 3.63) is 59.5 Å². The third-order valence-electron chi connectivity index (χ3n) is 9.63. The number of aromatic nitrogens is 3. The number of likely N-dealkylation sites (tertiary alicyclic amines) is 1. The van der Waals surface area contributed by atoms with E-state index in [1.54, 1.807) is 0 Å². The Bertz CT molecular complexity index is 1270. The molecule has 2 aromatic heterocycles. The lowest BCUT2D eigenvalue weighted by Crippen LogP contribution is -2.53. The highest BCUT2D eigenvalue weighted by Gasteiger charge is 2.50. The highest BCUT2D eigenvalue weighted by Crippen LogP contribution is 2.46. The first-order chi connectivity index (χ1) is 18.6. The van der Waals surface area contributed by atoms with Gasteiger partial charge in [0.2, 0.25) is 0 Å². The minimum atomic E-state index is -2.05. The summed E-state index contributed by atoms with van der Waals surface area (Å²) in [6.07, 6.45) is 6.00. The molecule has 0 saturated carbocycles. The second kappa shape index (κ2) is 11.0. The van der Waals surface area contributed by atoms with Gasteiger partial charge in [0.1, 0.15) is 17.4 Å². The predicted molar refractivity (Wildman–Crippen MR) is 160 cm³/mol. The number of rotatable bonds is 9. The molecule has 39 heavy (non-hydrogen) atoms. The molecule has 3 aromatic rings. The van der Waals surface area contributed by atoms with Crippen molar-refractivity contribution in [3.63, 3.8) is 0 Å². The molecule has 1 unspecified atom stereocenters. The molecule has 0 radical (unpaired) electrons. The van der Waals surface area contributed by atoms with Gasteiger partial charge in [-0.25, -0.2) is 0 Å². The molecular weight excluding hydrogens is 502 g/mol. The summed E-state index contributed by atoms with van der Waals surface area (Å²) < 4.78 is 16.0. The molecule has 1 saturated heterocycles. The monoisotopic (exact) mass is 549 g/mol. The van der Waals surface area contributed by atoms with Gasteiger partial charge >= 0.3 is 0 Å². The first-order valence-corrected chi connectivity index (χ1v) is 17.0. The molecule has 2 N–H and O–H groups in total. The Morgan fingerprint density at radius 3 is 2.31 bits per heavy atom. The van der Waals surface area contributed by atoms with Crippen LogP contribution in [-0.2, 0) is 9.96 Å². The van der Waals surface area contributed by atoms with Crippen LogP contribution in [0.25, 0.3) is 5.65 Å². The molecule has 1 aliphatic carbocycles. The summed E-state index contributed by atoms with van der Waals surface area (Å²) in [5.41, 5.74) is 10.9. The normalized spacial score (nSPS) is 24.3. The fraction of sp³-hybridized carbons (Fsp3) is 0.613. The first kappa shape index (κ1) is 28.3. The first-order valence-electron chi connectivity index (χ1n) is 14.8. The van der Waals surface area contributed by atoms with Crippen molar-refractivity contribution >= 4 is 14.0 Å². The van der Waals surface area contributed by atoms with Crippen LogP contribution in [0.2, 0.25) is 16.6 Å². The summed E-state index contributed by atoms with van der Waals surface area (Å²) in [5.74, 6) is 1.78. The summed E-state index contributed by atoms with van der Waals surface area (Å²) in [5, 5.41) is 9.40. The molecule has 1 aliphatic heterocycles. The van der Waals surface area contributed by atoms with Crippen LogP contribution in [0, 0.1) is 0 Å². The van der Waals surface area contributed by atoms with E-state index in [0.717, 1.165) is 49.4 Å². The van der Waals surface area contributed by atoms with Gasteiger partial charge in [0.15, 0.2) is 19.8 Å². The number of nitrogens with zero attached hydrogens (tertiary/aromatic N) is 4. The third-order valence-corrected chi connectivity index (χ3v) is 15.7. The van der Waals surface area contributed by atoms with Gasteiger partial charge in [-0.1, -0.05) is 65.8 Å². The van der Waals surface area contributed by atoms with E-state index in [-0.39, 0.29) is 17.7 Å². The maximum Gasteiger partial charge on any atom is 0.200 e. The highest BCUT2D eigenvalue weighted by atomic mass is 28.4. The maximum absolute atomic E-state index is 7.22. The number of fused-ring (bicyclic) bond motifs is 2. The topological polar surface area (TPSA) is 77.9 Å². The number of benzene rings is 1. The minimum Gasteiger partial charge on any atom is -0.484 e. The molecule has 2 aliphatic rings. The summed E-state index contributed by atoms with van der Waals surface area (Å²) in [7, 11) is 0.161. The van der Waals surface area contributed by atoms with Crippen LogP contribution in [0.5, 0.6) is 5.75 Å². The minimum absolute atomic E-state index is 0.0143. The van der Waals surface area contributed by atoms with Crippen molar-refractivity contribution < 1.29 is 9.16 Å². The van der Waals surface area contributed by atoms with Gasteiger partial charge < -0.3 is 14.9 Å². The standard InChI is InChI=1S/C31H47N5O2Si/c1-21(2)39(22(3)4,23(5)6)37-20-31(17-10-18-35(31)7)30-34-33-29-16-13-24(19-36(29)30)38-28-15-14-27(32)25-11-8-9-12-26(25)28/h8-9,11-13,16,19,21-23,27-28H,10,14-15,17-18,20,32H2,1-7H3/t27-,28+,31?/m0/s1. The van der Waals surface area contributed by atoms with Crippen molar-refractivity contribution in [1.82, 2.24) is 19.5 Å². The largest absolute Gasteiger partial charge is 0.484 e. The average molecular weight is 550 g/mol. The van der Waals surface area contributed by atoms with Crippen molar-refractivity contribution in [2.24, 2.45) is 5.73 Å². The van der Waals surface area contributed by atoms with Gasteiger partial charge in [-0.15, -0.1) is 10.2 Å². The lowest BCUT2D eigenvalue weighted by molar-refractivity contribution is 0.0763. The number of hydrogen-bond acceptors (Lipinski definition) is 6. The molecule has 5 rings (SSSR count). The molecule has 8 heteroatoms. The van der Waals surface area contributed by atoms with E-state index >= 15 is 0 Å². The Morgan fingerprint density at radius 2 is 1.67 bits per heavy atom. The predicted octanol–water partition coefficient (Wildman–Crippen LogP) is 6.76. The van der Waals surface area contributed by atoms with E-state index in [4.69, 9.17) is 20.0 Å². The zero-order valence-electron chi connectivity index (χ0n) is 24.9. The van der Waals surface area contributed by atoms with Crippen LogP contribution in [0.3, 0.4) is 0 Å². The van der Waals surface area contributed by atoms with Crippen LogP contribution < -0.4 is 10.5 Å². The lowest BCUT2D eigenvalue weighted by atomic mass is 9.86. The Hall–Kier alpha value is -2.26. The van der Waals surface area contributed by atoms with E-state index in [0.29, 0.717) is 23.2 Å². The van der Waals surface area contributed by atoms with Crippen LogP contribution in [0.4, 0.5) is 0 Å². The molecular formula is C31H47N5O2Si. The second-order valence-electron chi connectivity index (χ2n) is 12.7. The third kappa shape index (κ3) is 4.83. The summed E-state index contributed by atoms with van der Waals surface area (Å²) in [6.45, 7) is 15.8. The Kier molecular flexibility index (Phi) is 7.94. The fourth-order valence-corrected chi connectivity index (χ4v) is 13.1. The zero-order chi connectivity index (χ0) is 27.9. The van der Waals surface area contributed by atoms with E-state index in [1.807, 2.05) is 12.1 Å². The molecule has 212 valence electrons. The van der Waals surface area contributed by atoms with Gasteiger partial charge in [0, 0.05) is 6.04 Å². The number of hydrogen-bond donors (Lipinski definition) is 1. The number of ether oxygens (including phenoxy) is 1. The van der Waals surface area contributed by atoms with Crippen LogP contribution in [0.15, 0.2) is 42.6 Å². The van der Waals surface area contributed by atoms with E-state index in [9.17, 15) is 0 Å². The molecule has 1 fully saturated rings. The van der Waals surface area contributed by atoms with E-state index in [2.05, 4.69) is 93.5 Å². The Morgan fingerprint density at radius 1 is 0.974 bits per heavy atom. The number of nitrogens with two attached hydrogens (primary N) is 1. The molecule has 0 amide bonds. The molecule has 3 heterocycles. The van der Waals surface area contributed by atoms with Gasteiger partial charge in [-0.3, -0.25) is 9.30 Å². The smallest absolute Gasteiger partial charge is 0.200 e. The summed E-state index contributed by atoms with van der Waals surface area (Å²) in [6, 6.07) is 12.5. The van der Waals surface area contributed by atoms with Gasteiger partial charge in [-0.2, -0.15) is 0 Å². The highest BCUT2D eigenvalue weighted by molar-refractivity contribution is 6.77. The SMILES string of the molecule is CC(C)[Si](OCC1(c2nnc3ccc(O[C@@H]4CC[C@H](N)c5ccccc54)cn23)CCCN1C)(C(C)C)C(C)C. The second-order valence-corrected chi connectivity index (χ2v) is 18.2. The maximum atomic E-state index is 7.22. The van der Waals surface area contributed by atoms with Gasteiger partial charge in [-0.05, 0) is 79.2 Å². The number of pyridine rings is 1. The van der Waals surface area contributed by atoms with Crippen molar-refractivity contribution in [2.75, 3.05) is 20.2 Å². The van der Waals surface area contributed by atoms with Crippen molar-refractivity contribution in [3.8, 4) is 5.75 Å². The van der Waals surface area contributed by atoms with Crippen LogP contribution in [0.1, 0.15) is 96.3 Å². The Labute approximate surface area is 235 Å². The quantitative estimate of drug-likeness (QED) is 0.297. The summed E-state index contributed by atoms with van der Waals surface area (Å²) in [4.78, 5) is 2.44. The number of likely N-dealkylation sites (N-methyl/N-ethyl adjacent to an activating group) is 1. The van der Waals surface area contributed by atoms with Crippen molar-refractivity contribution in [2.45, 2.75) is 102 Å². The van der Waals surface area contributed by atoms with Crippen molar-refractivity contribution in [1.29, 1.82) is 0 Å². The van der Waals surface area contributed by atoms with Gasteiger partial charge in [0.05, 0.1) is 12.8 Å². The molecule has 7 nitrogen and oxygen atoms in total. The fourth-order valence-electron chi connectivity index (χ4n) is 7.62. The van der Waals surface area contributed by atoms with Crippen LogP contribution >= 0.6 is 0 Å². The summed E-state index contributed by atoms with van der Waals surface area (Å²) >= 11 is 0. The lowest BCUT2D eigenvalue weighted by Gasteiger charge is -2.45. The molecule has 0 bridgehead atoms. The van der Waals surface area contributed by atoms with E-state index in [1.165, 1.54) is 11.1 Å². The molecule has 0 spiro atoms. The Balaban J connectivity index is 1.49. The van der Waals surface area contributed by atoms with E-state index < -0.39 is 8.32 Å². The molecule has 1 aromatic carbocycles. The van der Waals surface area contributed by atoms with Gasteiger partial charge in [0.25, 0.3) is 0 Å².